The number of hydrogen-bond donors (Lipinski definition) is 0. The van der Waals surface area contributed by atoms with Crippen molar-refractivity contribution in [3.05, 3.63) is 64.7 Å². The predicted octanol–water partition coefficient (Wildman–Crippen LogP) is 3.87. The first-order chi connectivity index (χ1) is 11.2. The van der Waals surface area contributed by atoms with E-state index in [4.69, 9.17) is 20.9 Å². The van der Waals surface area contributed by atoms with Crippen molar-refractivity contribution in [2.24, 2.45) is 0 Å². The fraction of sp³-hybridized carbons (Fsp3) is 0.316. The van der Waals surface area contributed by atoms with Crippen molar-refractivity contribution in [1.29, 1.82) is 0 Å². The third kappa shape index (κ3) is 3.02. The van der Waals surface area contributed by atoms with E-state index in [1.807, 2.05) is 52.0 Å². The van der Waals surface area contributed by atoms with Gasteiger partial charge in [-0.3, -0.25) is 4.79 Å². The van der Waals surface area contributed by atoms with E-state index in [0.29, 0.717) is 16.1 Å². The summed E-state index contributed by atoms with van der Waals surface area (Å²) in [6.07, 6.45) is 0. The fourth-order valence-corrected chi connectivity index (χ4v) is 2.86. The van der Waals surface area contributed by atoms with Gasteiger partial charge < -0.3 is 9.31 Å². The van der Waals surface area contributed by atoms with Crippen LogP contribution in [-0.4, -0.2) is 24.1 Å². The average molecular weight is 343 g/mol. The highest BCUT2D eigenvalue weighted by Gasteiger charge is 2.51. The number of ketones is 1. The maximum atomic E-state index is 12.6. The molecule has 0 spiro atoms. The van der Waals surface area contributed by atoms with Crippen LogP contribution < -0.4 is 5.46 Å². The summed E-state index contributed by atoms with van der Waals surface area (Å²) < 4.78 is 12.0. The minimum atomic E-state index is -0.492. The maximum absolute atomic E-state index is 12.6. The van der Waals surface area contributed by atoms with E-state index >= 15 is 0 Å². The van der Waals surface area contributed by atoms with Crippen LogP contribution in [0.25, 0.3) is 0 Å². The molecule has 124 valence electrons. The first kappa shape index (κ1) is 17.2. The van der Waals surface area contributed by atoms with E-state index in [2.05, 4.69) is 0 Å². The Bertz CT molecular complexity index is 755. The topological polar surface area (TPSA) is 35.5 Å². The maximum Gasteiger partial charge on any atom is 0.494 e. The van der Waals surface area contributed by atoms with Crippen LogP contribution in [0.2, 0.25) is 5.02 Å². The number of hydrogen-bond acceptors (Lipinski definition) is 3. The molecule has 1 heterocycles. The van der Waals surface area contributed by atoms with Gasteiger partial charge in [0.2, 0.25) is 0 Å². The van der Waals surface area contributed by atoms with E-state index in [1.165, 1.54) is 0 Å². The van der Waals surface area contributed by atoms with Gasteiger partial charge in [0.05, 0.1) is 16.2 Å². The molecule has 2 aromatic rings. The highest BCUT2D eigenvalue weighted by molar-refractivity contribution is 6.62. The van der Waals surface area contributed by atoms with Crippen LogP contribution >= 0.6 is 11.6 Å². The van der Waals surface area contributed by atoms with Crippen molar-refractivity contribution >= 4 is 30.0 Å². The normalized spacial score (nSPS) is 18.6. The van der Waals surface area contributed by atoms with Crippen LogP contribution in [-0.2, 0) is 9.31 Å². The van der Waals surface area contributed by atoms with Gasteiger partial charge in [-0.05, 0) is 45.3 Å². The van der Waals surface area contributed by atoms with Gasteiger partial charge in [0.25, 0.3) is 0 Å². The van der Waals surface area contributed by atoms with Crippen LogP contribution in [0.5, 0.6) is 0 Å². The van der Waals surface area contributed by atoms with Crippen molar-refractivity contribution in [2.45, 2.75) is 38.9 Å². The van der Waals surface area contributed by atoms with Gasteiger partial charge in [-0.15, -0.1) is 0 Å². The average Bonchev–Trinajstić information content (AvgIpc) is 2.75. The smallest absolute Gasteiger partial charge is 0.399 e. The zero-order valence-electron chi connectivity index (χ0n) is 14.3. The van der Waals surface area contributed by atoms with Gasteiger partial charge in [-0.1, -0.05) is 48.0 Å². The van der Waals surface area contributed by atoms with Gasteiger partial charge in [0.15, 0.2) is 5.78 Å². The van der Waals surface area contributed by atoms with E-state index in [0.717, 1.165) is 5.46 Å². The van der Waals surface area contributed by atoms with Crippen molar-refractivity contribution in [2.75, 3.05) is 0 Å². The van der Waals surface area contributed by atoms with E-state index in [9.17, 15) is 4.79 Å². The first-order valence-corrected chi connectivity index (χ1v) is 8.34. The molecule has 5 heteroatoms. The SMILES string of the molecule is CC1(C)OB(c2ccc(C(=O)c3ccccc3)c(Cl)c2)OC1(C)C. The monoisotopic (exact) mass is 342 g/mol. The Hall–Kier alpha value is -1.62. The second-order valence-corrected chi connectivity index (χ2v) is 7.43. The molecule has 1 aliphatic rings. The van der Waals surface area contributed by atoms with Gasteiger partial charge in [-0.25, -0.2) is 0 Å². The van der Waals surface area contributed by atoms with E-state index in [1.54, 1.807) is 24.3 Å². The largest absolute Gasteiger partial charge is 0.494 e. The molecular weight excluding hydrogens is 322 g/mol. The lowest BCUT2D eigenvalue weighted by atomic mass is 9.78. The number of rotatable bonds is 3. The minimum Gasteiger partial charge on any atom is -0.399 e. The van der Waals surface area contributed by atoms with E-state index in [-0.39, 0.29) is 5.78 Å². The molecule has 2 aromatic carbocycles. The molecule has 3 nitrogen and oxygen atoms in total. The molecule has 0 aromatic heterocycles. The molecule has 1 aliphatic heterocycles. The first-order valence-electron chi connectivity index (χ1n) is 7.96. The van der Waals surface area contributed by atoms with Crippen molar-refractivity contribution in [3.63, 3.8) is 0 Å². The van der Waals surface area contributed by atoms with Gasteiger partial charge in [0.1, 0.15) is 0 Å². The Morgan fingerprint density at radius 3 is 2.08 bits per heavy atom. The summed E-state index contributed by atoms with van der Waals surface area (Å²) in [4.78, 5) is 12.6. The number of benzene rings is 2. The molecule has 0 atom stereocenters. The number of carbonyl (C=O) groups is 1. The van der Waals surface area contributed by atoms with Crippen molar-refractivity contribution in [1.82, 2.24) is 0 Å². The molecule has 3 rings (SSSR count). The molecule has 24 heavy (non-hydrogen) atoms. The highest BCUT2D eigenvalue weighted by atomic mass is 35.5. The lowest BCUT2D eigenvalue weighted by Gasteiger charge is -2.32. The summed E-state index contributed by atoms with van der Waals surface area (Å²) in [5.41, 5.74) is 1.07. The molecule has 0 saturated carbocycles. The Kier molecular flexibility index (Phi) is 4.33. The summed E-state index contributed by atoms with van der Waals surface area (Å²) in [5.74, 6) is -0.0962. The van der Waals surface area contributed by atoms with Crippen LogP contribution in [0.3, 0.4) is 0 Å². The second kappa shape index (κ2) is 6.03. The van der Waals surface area contributed by atoms with Crippen molar-refractivity contribution < 1.29 is 14.1 Å². The summed E-state index contributed by atoms with van der Waals surface area (Å²) in [6.45, 7) is 8.01. The van der Waals surface area contributed by atoms with Gasteiger partial charge >= 0.3 is 7.12 Å². The summed E-state index contributed by atoms with van der Waals surface area (Å²) in [7, 11) is -0.492. The van der Waals surface area contributed by atoms with Crippen LogP contribution in [0, 0.1) is 0 Å². The quantitative estimate of drug-likeness (QED) is 0.627. The van der Waals surface area contributed by atoms with E-state index < -0.39 is 18.3 Å². The predicted molar refractivity (Wildman–Crippen MR) is 97.0 cm³/mol. The lowest BCUT2D eigenvalue weighted by Crippen LogP contribution is -2.41. The molecule has 0 radical (unpaired) electrons. The summed E-state index contributed by atoms with van der Waals surface area (Å²) in [6, 6.07) is 14.4. The van der Waals surface area contributed by atoms with Crippen LogP contribution in [0.15, 0.2) is 48.5 Å². The molecular formula is C19H20BClO3. The number of carbonyl (C=O) groups excluding carboxylic acids is 1. The number of halogens is 1. The molecule has 0 amide bonds. The zero-order chi connectivity index (χ0) is 17.5. The Balaban J connectivity index is 1.88. The molecule has 0 aliphatic carbocycles. The highest BCUT2D eigenvalue weighted by Crippen LogP contribution is 2.36. The van der Waals surface area contributed by atoms with Crippen LogP contribution in [0.4, 0.5) is 0 Å². The molecule has 1 saturated heterocycles. The third-order valence-electron chi connectivity index (χ3n) is 4.80. The summed E-state index contributed by atoms with van der Waals surface area (Å²) >= 11 is 6.36. The fourth-order valence-electron chi connectivity index (χ4n) is 2.59. The summed E-state index contributed by atoms with van der Waals surface area (Å²) in [5, 5.41) is 0.399. The molecule has 1 fully saturated rings. The Morgan fingerprint density at radius 2 is 1.54 bits per heavy atom. The Morgan fingerprint density at radius 1 is 0.958 bits per heavy atom. The lowest BCUT2D eigenvalue weighted by molar-refractivity contribution is 0.00578. The van der Waals surface area contributed by atoms with Crippen LogP contribution in [0.1, 0.15) is 43.6 Å². The molecule has 0 unspecified atom stereocenters. The van der Waals surface area contributed by atoms with Crippen molar-refractivity contribution in [3.8, 4) is 0 Å². The minimum absolute atomic E-state index is 0.0962. The second-order valence-electron chi connectivity index (χ2n) is 7.02. The van der Waals surface area contributed by atoms with Gasteiger partial charge in [-0.2, -0.15) is 0 Å². The Labute approximate surface area is 148 Å². The third-order valence-corrected chi connectivity index (χ3v) is 5.11. The molecule has 0 bridgehead atoms. The zero-order valence-corrected chi connectivity index (χ0v) is 15.1. The van der Waals surface area contributed by atoms with Gasteiger partial charge in [0, 0.05) is 11.1 Å². The molecule has 0 N–H and O–H groups in total. The standard InChI is InChI=1S/C19H20BClO3/c1-18(2)19(3,4)24-20(23-18)14-10-11-15(16(21)12-14)17(22)13-8-6-5-7-9-13/h5-12H,1-4H3.